The molecule has 0 heterocycles. The Hall–Kier alpha value is 0.171. The fraction of sp³-hybridized carbons (Fsp3) is 0. The van der Waals surface area contributed by atoms with Crippen LogP contribution in [0.1, 0.15) is 0 Å². The maximum atomic E-state index is 7.87. The minimum atomic E-state index is -1.79. The van der Waals surface area contributed by atoms with Gasteiger partial charge in [0.25, 0.3) is 6.71 Å². The van der Waals surface area contributed by atoms with E-state index >= 15 is 0 Å². The summed E-state index contributed by atoms with van der Waals surface area (Å²) in [4.78, 5) is 0. The SMILES string of the molecule is N#C[BH-](C#N)C#N.[K+]. The molecule has 0 N–H and O–H groups in total. The first kappa shape index (κ1) is 11.0. The Balaban J connectivity index is 0. The zero-order valence-electron chi connectivity index (χ0n) is 4.55. The van der Waals surface area contributed by atoms with Crippen LogP contribution in [-0.2, 0) is 0 Å². The van der Waals surface area contributed by atoms with Crippen LogP contribution in [0.25, 0.3) is 0 Å². The van der Waals surface area contributed by atoms with Gasteiger partial charge < -0.3 is 0 Å². The molecule has 0 unspecified atom stereocenters. The van der Waals surface area contributed by atoms with Crippen LogP contribution in [0.15, 0.2) is 0 Å². The number of rotatable bonds is 0. The van der Waals surface area contributed by atoms with Crippen molar-refractivity contribution in [2.75, 3.05) is 0 Å². The summed E-state index contributed by atoms with van der Waals surface area (Å²) in [5.41, 5.74) is 0. The zero-order chi connectivity index (χ0) is 5.70. The van der Waals surface area contributed by atoms with Gasteiger partial charge in [0.1, 0.15) is 0 Å². The number of hydrogen-bond acceptors (Lipinski definition) is 3. The minimum Gasteiger partial charge on any atom is -0.247 e. The van der Waals surface area contributed by atoms with E-state index in [-0.39, 0.29) is 51.4 Å². The Morgan fingerprint density at radius 2 is 1.12 bits per heavy atom. The van der Waals surface area contributed by atoms with E-state index in [1.807, 2.05) is 0 Å². The molecule has 0 spiro atoms. The summed E-state index contributed by atoms with van der Waals surface area (Å²) in [5.74, 6) is 4.69. The average molecular weight is 129 g/mol. The molecule has 0 aromatic rings. The molecule has 0 fully saturated rings. The summed E-state index contributed by atoms with van der Waals surface area (Å²) in [7, 11) is 0. The van der Waals surface area contributed by atoms with Gasteiger partial charge in [0.15, 0.2) is 0 Å². The third-order valence-corrected chi connectivity index (χ3v) is 0.474. The van der Waals surface area contributed by atoms with Crippen LogP contribution in [0.4, 0.5) is 0 Å². The normalized spacial score (nSPS) is 5.25. The largest absolute Gasteiger partial charge is 1.00 e. The molecule has 0 radical (unpaired) electrons. The van der Waals surface area contributed by atoms with Crippen LogP contribution in [0, 0.1) is 33.7 Å². The molecule has 0 bridgehead atoms. The fourth-order valence-corrected chi connectivity index (χ4v) is 0.106. The van der Waals surface area contributed by atoms with Crippen LogP contribution in [-0.4, -0.2) is 6.71 Å². The maximum absolute atomic E-state index is 7.87. The van der Waals surface area contributed by atoms with Crippen molar-refractivity contribution in [2.24, 2.45) is 0 Å². The molecule has 0 aromatic carbocycles. The number of nitrogens with zero attached hydrogens (tertiary/aromatic N) is 3. The molecule has 0 aliphatic carbocycles. The van der Waals surface area contributed by atoms with Crippen molar-refractivity contribution in [3.63, 3.8) is 0 Å². The first-order valence-electron chi connectivity index (χ1n) is 1.73. The average Bonchev–Trinajstić information content (AvgIpc) is 1.72. The standard InChI is InChI=1S/C3HBN3.K/c5-1-4(2-6)3-7;/h4H;/q-1;+1. The molecule has 32 valence electrons. The monoisotopic (exact) mass is 129 g/mol. The van der Waals surface area contributed by atoms with Gasteiger partial charge in [0.05, 0.1) is 0 Å². The van der Waals surface area contributed by atoms with Crippen molar-refractivity contribution >= 4 is 6.71 Å². The van der Waals surface area contributed by atoms with E-state index < -0.39 is 6.71 Å². The third-order valence-electron chi connectivity index (χ3n) is 0.474. The molecule has 0 aromatic heterocycles. The maximum Gasteiger partial charge on any atom is 1.00 e. The molecule has 5 heteroatoms. The molecule has 0 rings (SSSR count). The Labute approximate surface area is 90.4 Å². The second kappa shape index (κ2) is 7.17. The predicted octanol–water partition coefficient (Wildman–Crippen LogP) is -3.59. The van der Waals surface area contributed by atoms with E-state index in [9.17, 15) is 0 Å². The summed E-state index contributed by atoms with van der Waals surface area (Å²) in [5, 5.41) is 23.6. The molecule has 0 atom stereocenters. The van der Waals surface area contributed by atoms with Crippen molar-refractivity contribution in [3.05, 3.63) is 0 Å². The first-order chi connectivity index (χ1) is 3.35. The van der Waals surface area contributed by atoms with Gasteiger partial charge in [0, 0.05) is 0 Å². The number of nitriles is 3. The van der Waals surface area contributed by atoms with E-state index in [0.29, 0.717) is 0 Å². The Morgan fingerprint density at radius 1 is 0.875 bits per heavy atom. The van der Waals surface area contributed by atoms with Gasteiger partial charge in [-0.2, -0.15) is 0 Å². The fourth-order valence-electron chi connectivity index (χ4n) is 0.106. The Bertz CT molecular complexity index is 137. The molecular weight excluding hydrogens is 128 g/mol. The van der Waals surface area contributed by atoms with Crippen molar-refractivity contribution in [2.45, 2.75) is 0 Å². The van der Waals surface area contributed by atoms with Gasteiger partial charge in [-0.15, -0.1) is 17.9 Å². The van der Waals surface area contributed by atoms with E-state index in [0.717, 1.165) is 0 Å². The van der Waals surface area contributed by atoms with Gasteiger partial charge in [-0.05, 0) is 0 Å². The minimum absolute atomic E-state index is 0. The summed E-state index contributed by atoms with van der Waals surface area (Å²) in [6.07, 6.45) is 0. The predicted molar refractivity (Wildman–Crippen MR) is 24.0 cm³/mol. The quantitative estimate of drug-likeness (QED) is 0.317. The van der Waals surface area contributed by atoms with E-state index in [1.165, 1.54) is 0 Å². The molecule has 8 heavy (non-hydrogen) atoms. The Kier molecular flexibility index (Phi) is 9.89. The number of hydrogen-bond donors (Lipinski definition) is 0. The summed E-state index contributed by atoms with van der Waals surface area (Å²) in [6, 6.07) is 0. The van der Waals surface area contributed by atoms with Crippen LogP contribution in [0.5, 0.6) is 0 Å². The van der Waals surface area contributed by atoms with Crippen LogP contribution >= 0.6 is 0 Å². The summed E-state index contributed by atoms with van der Waals surface area (Å²) >= 11 is 0. The van der Waals surface area contributed by atoms with E-state index in [1.54, 1.807) is 17.9 Å². The second-order valence-corrected chi connectivity index (χ2v) is 1.00. The molecule has 0 aliphatic heterocycles. The first-order valence-corrected chi connectivity index (χ1v) is 1.73. The second-order valence-electron chi connectivity index (χ2n) is 1.00. The van der Waals surface area contributed by atoms with Crippen LogP contribution < -0.4 is 51.4 Å². The summed E-state index contributed by atoms with van der Waals surface area (Å²) in [6.45, 7) is -1.79. The van der Waals surface area contributed by atoms with E-state index in [2.05, 4.69) is 0 Å². The van der Waals surface area contributed by atoms with Gasteiger partial charge in [-0.25, -0.2) is 15.8 Å². The topological polar surface area (TPSA) is 71.4 Å². The van der Waals surface area contributed by atoms with Crippen molar-refractivity contribution in [3.8, 4) is 17.9 Å². The molecular formula is C3HBKN3. The molecule has 3 nitrogen and oxygen atoms in total. The van der Waals surface area contributed by atoms with Crippen LogP contribution in [0.2, 0.25) is 0 Å². The molecule has 0 aliphatic rings. The van der Waals surface area contributed by atoms with Gasteiger partial charge in [-0.1, -0.05) is 0 Å². The smallest absolute Gasteiger partial charge is 0.247 e. The Morgan fingerprint density at radius 3 is 1.12 bits per heavy atom. The zero-order valence-corrected chi connectivity index (χ0v) is 7.67. The van der Waals surface area contributed by atoms with Crippen molar-refractivity contribution in [1.29, 1.82) is 15.8 Å². The van der Waals surface area contributed by atoms with Gasteiger partial charge >= 0.3 is 51.4 Å². The third kappa shape index (κ3) is 4.33. The van der Waals surface area contributed by atoms with Crippen molar-refractivity contribution < 1.29 is 51.4 Å². The van der Waals surface area contributed by atoms with Gasteiger partial charge in [0.2, 0.25) is 0 Å². The van der Waals surface area contributed by atoms with Crippen molar-refractivity contribution in [1.82, 2.24) is 0 Å². The molecule has 0 saturated carbocycles. The molecule has 0 saturated heterocycles. The summed E-state index contributed by atoms with van der Waals surface area (Å²) < 4.78 is 0. The van der Waals surface area contributed by atoms with Crippen LogP contribution in [0.3, 0.4) is 0 Å². The van der Waals surface area contributed by atoms with E-state index in [4.69, 9.17) is 15.8 Å². The van der Waals surface area contributed by atoms with Gasteiger partial charge in [-0.3, -0.25) is 0 Å². The molecule has 0 amide bonds.